The molecule has 1 atom stereocenters. The molecule has 2 amide bonds. The number of nitrogens with zero attached hydrogens (tertiary/aromatic N) is 1. The largest absolute Gasteiger partial charge is 0.378 e. The van der Waals surface area contributed by atoms with E-state index < -0.39 is 0 Å². The van der Waals surface area contributed by atoms with Gasteiger partial charge in [-0.25, -0.2) is 4.79 Å². The van der Waals surface area contributed by atoms with Crippen LogP contribution in [0.3, 0.4) is 0 Å². The molecule has 4 nitrogen and oxygen atoms in total. The van der Waals surface area contributed by atoms with Crippen molar-refractivity contribution in [2.45, 2.75) is 57.5 Å². The molecule has 0 bridgehead atoms. The van der Waals surface area contributed by atoms with E-state index >= 15 is 0 Å². The first-order valence-electron chi connectivity index (χ1n) is 8.98. The van der Waals surface area contributed by atoms with E-state index in [1.165, 1.54) is 36.8 Å². The van der Waals surface area contributed by atoms with Gasteiger partial charge >= 0.3 is 6.03 Å². The fourth-order valence-electron chi connectivity index (χ4n) is 3.64. The van der Waals surface area contributed by atoms with Crippen molar-refractivity contribution < 1.29 is 9.53 Å². The Hall–Kier alpha value is -1.55. The lowest BCUT2D eigenvalue weighted by molar-refractivity contribution is 0.101. The third-order valence-electron chi connectivity index (χ3n) is 5.03. The Morgan fingerprint density at radius 3 is 3.00 bits per heavy atom. The molecule has 1 fully saturated rings. The first-order valence-corrected chi connectivity index (χ1v) is 8.98. The summed E-state index contributed by atoms with van der Waals surface area (Å²) in [5.74, 6) is 0. The molecule has 2 aliphatic rings. The highest BCUT2D eigenvalue weighted by atomic mass is 16.5. The highest BCUT2D eigenvalue weighted by Crippen LogP contribution is 2.28. The molecule has 0 aromatic heterocycles. The Kier molecular flexibility index (Phi) is 5.55. The number of benzene rings is 1. The molecule has 0 saturated carbocycles. The summed E-state index contributed by atoms with van der Waals surface area (Å²) < 4.78 is 5.63. The SMILES string of the molecule is CN(CCC[C@@H]1CCCO1)C(=O)Nc1cccc2c1CCCC2. The van der Waals surface area contributed by atoms with Gasteiger partial charge in [0.25, 0.3) is 0 Å². The van der Waals surface area contributed by atoms with E-state index in [1.54, 1.807) is 4.90 Å². The zero-order chi connectivity index (χ0) is 16.1. The van der Waals surface area contributed by atoms with Crippen LogP contribution < -0.4 is 5.32 Å². The van der Waals surface area contributed by atoms with Gasteiger partial charge < -0.3 is 15.0 Å². The summed E-state index contributed by atoms with van der Waals surface area (Å²) in [5, 5.41) is 3.10. The maximum Gasteiger partial charge on any atom is 0.321 e. The number of aryl methyl sites for hydroxylation is 1. The lowest BCUT2D eigenvalue weighted by Gasteiger charge is -2.23. The lowest BCUT2D eigenvalue weighted by atomic mass is 9.90. The van der Waals surface area contributed by atoms with Gasteiger partial charge in [0, 0.05) is 25.9 Å². The zero-order valence-corrected chi connectivity index (χ0v) is 14.1. The molecule has 0 spiro atoms. The summed E-state index contributed by atoms with van der Waals surface area (Å²) in [6.07, 6.45) is 9.51. The Balaban J connectivity index is 1.50. The van der Waals surface area contributed by atoms with E-state index in [0.717, 1.165) is 44.5 Å². The molecule has 126 valence electrons. The van der Waals surface area contributed by atoms with Crippen molar-refractivity contribution >= 4 is 11.7 Å². The number of hydrogen-bond acceptors (Lipinski definition) is 2. The molecule has 23 heavy (non-hydrogen) atoms. The maximum absolute atomic E-state index is 12.4. The third kappa shape index (κ3) is 4.25. The topological polar surface area (TPSA) is 41.6 Å². The monoisotopic (exact) mass is 316 g/mol. The van der Waals surface area contributed by atoms with Gasteiger partial charge in [-0.15, -0.1) is 0 Å². The van der Waals surface area contributed by atoms with Crippen molar-refractivity contribution in [2.24, 2.45) is 0 Å². The average molecular weight is 316 g/mol. The standard InChI is InChI=1S/C19H28N2O2/c1-21(13-5-9-16-10-6-14-23-16)19(22)20-18-12-4-8-15-7-2-3-11-17(15)18/h4,8,12,16H,2-3,5-7,9-11,13-14H2,1H3,(H,20,22)/t16-/m1/s1. The predicted molar refractivity (Wildman–Crippen MR) is 92.9 cm³/mol. The molecule has 1 heterocycles. The maximum atomic E-state index is 12.4. The third-order valence-corrected chi connectivity index (χ3v) is 5.03. The summed E-state index contributed by atoms with van der Waals surface area (Å²) in [6, 6.07) is 6.27. The second kappa shape index (κ2) is 7.82. The number of hydrogen-bond donors (Lipinski definition) is 1. The Bertz CT molecular complexity index is 538. The van der Waals surface area contributed by atoms with Crippen LogP contribution in [0.15, 0.2) is 18.2 Å². The van der Waals surface area contributed by atoms with Crippen molar-refractivity contribution in [1.82, 2.24) is 4.90 Å². The van der Waals surface area contributed by atoms with E-state index in [1.807, 2.05) is 13.1 Å². The number of ether oxygens (including phenoxy) is 1. The van der Waals surface area contributed by atoms with Gasteiger partial charge in [-0.2, -0.15) is 0 Å². The van der Waals surface area contributed by atoms with Crippen molar-refractivity contribution in [3.05, 3.63) is 29.3 Å². The predicted octanol–water partition coefficient (Wildman–Crippen LogP) is 3.99. The van der Waals surface area contributed by atoms with E-state index in [4.69, 9.17) is 4.74 Å². The van der Waals surface area contributed by atoms with E-state index in [9.17, 15) is 4.79 Å². The molecule has 0 radical (unpaired) electrons. The molecule has 1 aliphatic carbocycles. The fourth-order valence-corrected chi connectivity index (χ4v) is 3.64. The highest BCUT2D eigenvalue weighted by molar-refractivity contribution is 5.90. The number of anilines is 1. The second-order valence-corrected chi connectivity index (χ2v) is 6.78. The number of rotatable bonds is 5. The minimum Gasteiger partial charge on any atom is -0.378 e. The van der Waals surface area contributed by atoms with Gasteiger partial charge in [0.2, 0.25) is 0 Å². The lowest BCUT2D eigenvalue weighted by Crippen LogP contribution is -2.33. The molecule has 1 aromatic carbocycles. The van der Waals surface area contributed by atoms with Crippen LogP contribution in [0.25, 0.3) is 0 Å². The van der Waals surface area contributed by atoms with Gasteiger partial charge in [-0.3, -0.25) is 0 Å². The van der Waals surface area contributed by atoms with Crippen LogP contribution in [-0.2, 0) is 17.6 Å². The van der Waals surface area contributed by atoms with Gasteiger partial charge in [0.05, 0.1) is 6.10 Å². The molecular formula is C19H28N2O2. The van der Waals surface area contributed by atoms with Crippen molar-refractivity contribution in [2.75, 3.05) is 25.5 Å². The minimum atomic E-state index is -0.00341. The van der Waals surface area contributed by atoms with Crippen LogP contribution in [-0.4, -0.2) is 37.2 Å². The van der Waals surface area contributed by atoms with Crippen molar-refractivity contribution in [3.8, 4) is 0 Å². The summed E-state index contributed by atoms with van der Waals surface area (Å²) in [6.45, 7) is 1.68. The minimum absolute atomic E-state index is 0.00341. The molecule has 1 saturated heterocycles. The van der Waals surface area contributed by atoms with Crippen LogP contribution in [0.4, 0.5) is 10.5 Å². The molecule has 0 unspecified atom stereocenters. The van der Waals surface area contributed by atoms with Crippen molar-refractivity contribution in [1.29, 1.82) is 0 Å². The first kappa shape index (κ1) is 16.3. The van der Waals surface area contributed by atoms with Crippen LogP contribution in [0, 0.1) is 0 Å². The molecule has 1 aliphatic heterocycles. The number of nitrogens with one attached hydrogen (secondary N) is 1. The second-order valence-electron chi connectivity index (χ2n) is 6.78. The van der Waals surface area contributed by atoms with E-state index in [2.05, 4.69) is 17.4 Å². The quantitative estimate of drug-likeness (QED) is 0.892. The molecule has 1 aromatic rings. The molecule has 4 heteroatoms. The fraction of sp³-hybridized carbons (Fsp3) is 0.632. The summed E-state index contributed by atoms with van der Waals surface area (Å²) in [7, 11) is 1.88. The number of carbonyl (C=O) groups is 1. The molecule has 3 rings (SSSR count). The number of amides is 2. The van der Waals surface area contributed by atoms with Crippen LogP contribution in [0.1, 0.15) is 49.7 Å². The smallest absolute Gasteiger partial charge is 0.321 e. The Labute approximate surface area is 139 Å². The Morgan fingerprint density at radius 2 is 2.17 bits per heavy atom. The number of fused-ring (bicyclic) bond motifs is 1. The van der Waals surface area contributed by atoms with E-state index in [-0.39, 0.29) is 6.03 Å². The van der Waals surface area contributed by atoms with Crippen molar-refractivity contribution in [3.63, 3.8) is 0 Å². The summed E-state index contributed by atoms with van der Waals surface area (Å²) >= 11 is 0. The van der Waals surface area contributed by atoms with Crippen LogP contribution >= 0.6 is 0 Å². The number of urea groups is 1. The first-order chi connectivity index (χ1) is 11.2. The average Bonchev–Trinajstić information content (AvgIpc) is 3.08. The summed E-state index contributed by atoms with van der Waals surface area (Å²) in [4.78, 5) is 14.2. The van der Waals surface area contributed by atoms with Gasteiger partial charge in [0.15, 0.2) is 0 Å². The molecule has 1 N–H and O–H groups in total. The van der Waals surface area contributed by atoms with E-state index in [0.29, 0.717) is 6.10 Å². The number of carbonyl (C=O) groups excluding carboxylic acids is 1. The van der Waals surface area contributed by atoms with Crippen LogP contribution in [0.5, 0.6) is 0 Å². The zero-order valence-electron chi connectivity index (χ0n) is 14.1. The van der Waals surface area contributed by atoms with Gasteiger partial charge in [0.1, 0.15) is 0 Å². The Morgan fingerprint density at radius 1 is 1.30 bits per heavy atom. The summed E-state index contributed by atoms with van der Waals surface area (Å²) in [5.41, 5.74) is 3.73. The molecular weight excluding hydrogens is 288 g/mol. The van der Waals surface area contributed by atoms with Crippen LogP contribution in [0.2, 0.25) is 0 Å². The normalized spacial score (nSPS) is 20.1. The van der Waals surface area contributed by atoms with Gasteiger partial charge in [-0.05, 0) is 68.6 Å². The van der Waals surface area contributed by atoms with Gasteiger partial charge in [-0.1, -0.05) is 12.1 Å². The highest BCUT2D eigenvalue weighted by Gasteiger charge is 2.18.